The summed E-state index contributed by atoms with van der Waals surface area (Å²) in [5.74, 6) is -0.130. The Bertz CT molecular complexity index is 605. The second-order valence-corrected chi connectivity index (χ2v) is 5.77. The summed E-state index contributed by atoms with van der Waals surface area (Å²) in [5, 5.41) is 9.27. The zero-order chi connectivity index (χ0) is 16.9. The number of nitriles is 1. The van der Waals surface area contributed by atoms with E-state index in [4.69, 9.17) is 10.00 Å². The van der Waals surface area contributed by atoms with Crippen molar-refractivity contribution in [3.8, 4) is 11.9 Å². The number of hydrogen-bond acceptors (Lipinski definition) is 4. The lowest BCUT2D eigenvalue weighted by Crippen LogP contribution is -2.40. The predicted octanol–water partition coefficient (Wildman–Crippen LogP) is 3.75. The molecule has 1 heterocycles. The van der Waals surface area contributed by atoms with E-state index in [0.717, 1.165) is 6.07 Å². The fourth-order valence-corrected chi connectivity index (χ4v) is 3.01. The van der Waals surface area contributed by atoms with Crippen molar-refractivity contribution in [1.82, 2.24) is 4.90 Å². The Hall–Kier alpha value is -1.88. The fourth-order valence-electron chi connectivity index (χ4n) is 2.44. The van der Waals surface area contributed by atoms with E-state index >= 15 is 0 Å². The Morgan fingerprint density at radius 3 is 2.57 bits per heavy atom. The average molecular weight is 343 g/mol. The van der Waals surface area contributed by atoms with Crippen LogP contribution in [0, 0.1) is 11.5 Å². The van der Waals surface area contributed by atoms with Gasteiger partial charge in [0.15, 0.2) is 5.17 Å². The summed E-state index contributed by atoms with van der Waals surface area (Å²) in [5.41, 5.74) is -0.752. The smallest absolute Gasteiger partial charge is 0.419 e. The number of para-hydroxylation sites is 1. The number of thioether (sulfide) groups is 1. The van der Waals surface area contributed by atoms with E-state index in [9.17, 15) is 13.2 Å². The first-order valence-electron chi connectivity index (χ1n) is 7.04. The van der Waals surface area contributed by atoms with Gasteiger partial charge in [0.1, 0.15) is 11.9 Å². The molecule has 1 saturated heterocycles. The van der Waals surface area contributed by atoms with Gasteiger partial charge >= 0.3 is 6.18 Å². The Labute approximate surface area is 136 Å². The van der Waals surface area contributed by atoms with E-state index < -0.39 is 11.7 Å². The lowest BCUT2D eigenvalue weighted by Gasteiger charge is -2.33. The summed E-state index contributed by atoms with van der Waals surface area (Å²) in [6, 6.07) is 5.25. The van der Waals surface area contributed by atoms with Crippen molar-refractivity contribution < 1.29 is 17.9 Å². The van der Waals surface area contributed by atoms with Crippen LogP contribution in [0.5, 0.6) is 5.75 Å². The molecule has 0 unspecified atom stereocenters. The molecule has 1 aromatic rings. The van der Waals surface area contributed by atoms with Crippen LogP contribution in [0.4, 0.5) is 13.2 Å². The molecule has 1 aliphatic rings. The molecule has 0 aromatic heterocycles. The Kier molecular flexibility index (Phi) is 5.77. The quantitative estimate of drug-likeness (QED) is 0.466. The lowest BCUT2D eigenvalue weighted by molar-refractivity contribution is -0.139. The largest absolute Gasteiger partial charge is 0.490 e. The Morgan fingerprint density at radius 2 is 2.00 bits per heavy atom. The maximum Gasteiger partial charge on any atom is 0.419 e. The highest BCUT2D eigenvalue weighted by Crippen LogP contribution is 2.37. The van der Waals surface area contributed by atoms with Crippen molar-refractivity contribution in [2.24, 2.45) is 4.99 Å². The minimum atomic E-state index is -4.43. The van der Waals surface area contributed by atoms with E-state index in [1.165, 1.54) is 30.0 Å². The minimum Gasteiger partial charge on any atom is -0.490 e. The Morgan fingerprint density at radius 1 is 1.35 bits per heavy atom. The van der Waals surface area contributed by atoms with Crippen molar-refractivity contribution in [2.45, 2.75) is 25.1 Å². The maximum absolute atomic E-state index is 13.0. The number of alkyl halides is 3. The molecule has 23 heavy (non-hydrogen) atoms. The number of ether oxygens (including phenoxy) is 1. The summed E-state index contributed by atoms with van der Waals surface area (Å²) >= 11 is 1.38. The molecule has 1 aliphatic heterocycles. The molecule has 0 bridgehead atoms. The molecule has 124 valence electrons. The van der Waals surface area contributed by atoms with E-state index in [-0.39, 0.29) is 11.9 Å². The predicted molar refractivity (Wildman–Crippen MR) is 83.2 cm³/mol. The number of nitrogens with zero attached hydrogens (tertiary/aromatic N) is 3. The average Bonchev–Trinajstić information content (AvgIpc) is 2.53. The lowest BCUT2D eigenvalue weighted by atomic mass is 10.1. The van der Waals surface area contributed by atoms with E-state index in [1.54, 1.807) is 6.19 Å². The molecule has 0 N–H and O–H groups in total. The van der Waals surface area contributed by atoms with Crippen LogP contribution in [0.1, 0.15) is 18.4 Å². The van der Waals surface area contributed by atoms with Crippen LogP contribution in [0.15, 0.2) is 29.3 Å². The molecule has 1 fully saturated rings. The fraction of sp³-hybridized carbons (Fsp3) is 0.467. The number of benzene rings is 1. The van der Waals surface area contributed by atoms with E-state index in [0.29, 0.717) is 31.1 Å². The molecule has 1 aromatic carbocycles. The maximum atomic E-state index is 13.0. The van der Waals surface area contributed by atoms with Gasteiger partial charge in [-0.25, -0.2) is 0 Å². The van der Waals surface area contributed by atoms with Gasteiger partial charge in [-0.2, -0.15) is 18.4 Å². The SMILES string of the molecule is CSC(=NC#N)N1CCC(Oc2ccccc2C(F)(F)F)CC1. The monoisotopic (exact) mass is 343 g/mol. The highest BCUT2D eigenvalue weighted by molar-refractivity contribution is 8.13. The number of piperidine rings is 1. The van der Waals surface area contributed by atoms with Crippen LogP contribution in [-0.2, 0) is 6.18 Å². The summed E-state index contributed by atoms with van der Waals surface area (Å²) in [4.78, 5) is 5.69. The van der Waals surface area contributed by atoms with Crippen molar-refractivity contribution in [1.29, 1.82) is 5.26 Å². The third-order valence-corrected chi connectivity index (χ3v) is 4.24. The zero-order valence-electron chi connectivity index (χ0n) is 12.5. The highest BCUT2D eigenvalue weighted by atomic mass is 32.2. The zero-order valence-corrected chi connectivity index (χ0v) is 13.3. The summed E-state index contributed by atoms with van der Waals surface area (Å²) in [6.07, 6.45) is 0.0475. The van der Waals surface area contributed by atoms with Gasteiger partial charge in [-0.1, -0.05) is 23.9 Å². The van der Waals surface area contributed by atoms with Gasteiger partial charge in [-0.05, 0) is 18.4 Å². The van der Waals surface area contributed by atoms with Gasteiger partial charge in [0, 0.05) is 25.9 Å². The van der Waals surface area contributed by atoms with Crippen molar-refractivity contribution in [2.75, 3.05) is 19.3 Å². The minimum absolute atomic E-state index is 0.130. The molecule has 0 atom stereocenters. The van der Waals surface area contributed by atoms with Crippen molar-refractivity contribution in [3.63, 3.8) is 0 Å². The summed E-state index contributed by atoms with van der Waals surface area (Å²) in [6.45, 7) is 1.19. The van der Waals surface area contributed by atoms with Gasteiger partial charge < -0.3 is 9.64 Å². The number of aliphatic imine (C=N–C) groups is 1. The van der Waals surface area contributed by atoms with Gasteiger partial charge in [0.2, 0.25) is 6.19 Å². The molecule has 0 spiro atoms. The second-order valence-electron chi connectivity index (χ2n) is 5.00. The molecule has 8 heteroatoms. The van der Waals surface area contributed by atoms with Crippen molar-refractivity contribution >= 4 is 16.9 Å². The van der Waals surface area contributed by atoms with Crippen LogP contribution in [0.25, 0.3) is 0 Å². The number of amidine groups is 1. The molecular formula is C15H16F3N3OS. The van der Waals surface area contributed by atoms with Crippen molar-refractivity contribution in [3.05, 3.63) is 29.8 Å². The number of halogens is 3. The molecule has 0 aliphatic carbocycles. The molecule has 2 rings (SSSR count). The number of rotatable bonds is 2. The van der Waals surface area contributed by atoms with Crippen LogP contribution in [0.2, 0.25) is 0 Å². The molecule has 0 saturated carbocycles. The third kappa shape index (κ3) is 4.55. The first kappa shape index (κ1) is 17.5. The topological polar surface area (TPSA) is 48.6 Å². The number of hydrogen-bond donors (Lipinski definition) is 0. The van der Waals surface area contributed by atoms with Gasteiger partial charge in [-0.3, -0.25) is 0 Å². The summed E-state index contributed by atoms with van der Waals surface area (Å²) in [7, 11) is 0. The van der Waals surface area contributed by atoms with Crippen LogP contribution >= 0.6 is 11.8 Å². The van der Waals surface area contributed by atoms with E-state index in [2.05, 4.69) is 4.99 Å². The first-order valence-corrected chi connectivity index (χ1v) is 8.26. The van der Waals surface area contributed by atoms with Gasteiger partial charge in [-0.15, -0.1) is 4.99 Å². The van der Waals surface area contributed by atoms with Gasteiger partial charge in [0.25, 0.3) is 0 Å². The van der Waals surface area contributed by atoms with Crippen LogP contribution < -0.4 is 4.74 Å². The Balaban J connectivity index is 2.01. The normalized spacial score (nSPS) is 17.0. The highest BCUT2D eigenvalue weighted by Gasteiger charge is 2.35. The number of likely N-dealkylation sites (tertiary alicyclic amines) is 1. The second kappa shape index (κ2) is 7.59. The first-order chi connectivity index (χ1) is 11.0. The third-order valence-electron chi connectivity index (χ3n) is 3.53. The van der Waals surface area contributed by atoms with Gasteiger partial charge in [0.05, 0.1) is 5.56 Å². The van der Waals surface area contributed by atoms with Crippen LogP contribution in [0.3, 0.4) is 0 Å². The molecular weight excluding hydrogens is 327 g/mol. The van der Waals surface area contributed by atoms with Crippen LogP contribution in [-0.4, -0.2) is 35.5 Å². The molecule has 0 radical (unpaired) electrons. The molecule has 4 nitrogen and oxygen atoms in total. The summed E-state index contributed by atoms with van der Waals surface area (Å²) < 4.78 is 44.5. The standard InChI is InChI=1S/C15H16F3N3OS/c1-23-14(20-10-19)21-8-6-11(7-9-21)22-13-5-3-2-4-12(13)15(16,17)18/h2-5,11H,6-9H2,1H3. The van der Waals surface area contributed by atoms with E-state index in [1.807, 2.05) is 11.2 Å². The molecule has 0 amide bonds.